The lowest BCUT2D eigenvalue weighted by Crippen LogP contribution is -2.33. The molecule has 0 atom stereocenters. The smallest absolute Gasteiger partial charge is 0.256 e. The number of hydrogen-bond acceptors (Lipinski definition) is 4. The van der Waals surface area contributed by atoms with Gasteiger partial charge in [-0.3, -0.25) is 9.78 Å². The highest BCUT2D eigenvalue weighted by Gasteiger charge is 2.24. The Balaban J connectivity index is 1.62. The predicted molar refractivity (Wildman–Crippen MR) is 95.0 cm³/mol. The second kappa shape index (κ2) is 7.00. The Labute approximate surface area is 150 Å². The van der Waals surface area contributed by atoms with Gasteiger partial charge in [-0.1, -0.05) is 12.1 Å². The van der Waals surface area contributed by atoms with Gasteiger partial charge in [0.2, 0.25) is 0 Å². The van der Waals surface area contributed by atoms with Gasteiger partial charge in [-0.2, -0.15) is 0 Å². The van der Waals surface area contributed by atoms with Crippen LogP contribution >= 0.6 is 0 Å². The molecule has 130 valence electrons. The van der Waals surface area contributed by atoms with E-state index in [0.717, 1.165) is 22.5 Å². The van der Waals surface area contributed by atoms with Crippen LogP contribution in [-0.2, 0) is 12.8 Å². The summed E-state index contributed by atoms with van der Waals surface area (Å²) in [7, 11) is 0. The molecule has 0 radical (unpaired) electrons. The molecule has 3 heterocycles. The molecule has 26 heavy (non-hydrogen) atoms. The number of fused-ring (bicyclic) bond motifs is 1. The van der Waals surface area contributed by atoms with E-state index in [1.807, 2.05) is 12.1 Å². The maximum absolute atomic E-state index is 14.0. The molecule has 0 spiro atoms. The summed E-state index contributed by atoms with van der Waals surface area (Å²) >= 11 is 0. The van der Waals surface area contributed by atoms with E-state index in [1.54, 1.807) is 35.8 Å². The van der Waals surface area contributed by atoms with Gasteiger partial charge in [0, 0.05) is 48.7 Å². The summed E-state index contributed by atoms with van der Waals surface area (Å²) in [6.07, 6.45) is 6.27. The molecule has 0 N–H and O–H groups in total. The van der Waals surface area contributed by atoms with Crippen LogP contribution in [0.4, 0.5) is 4.39 Å². The molecular formula is C20H17FN4O. The van der Waals surface area contributed by atoms with Gasteiger partial charge in [0.15, 0.2) is 0 Å². The largest absolute Gasteiger partial charge is 0.338 e. The maximum atomic E-state index is 14.0. The maximum Gasteiger partial charge on any atom is 0.256 e. The monoisotopic (exact) mass is 348 g/mol. The second-order valence-corrected chi connectivity index (χ2v) is 6.16. The van der Waals surface area contributed by atoms with Crippen LogP contribution in [0.25, 0.3) is 11.3 Å². The highest BCUT2D eigenvalue weighted by atomic mass is 19.1. The normalized spacial score (nSPS) is 13.8. The molecule has 1 aliphatic heterocycles. The minimum Gasteiger partial charge on any atom is -0.338 e. The van der Waals surface area contributed by atoms with E-state index in [2.05, 4.69) is 15.0 Å². The number of halogens is 1. The molecule has 4 rings (SSSR count). The Morgan fingerprint density at radius 3 is 2.58 bits per heavy atom. The van der Waals surface area contributed by atoms with Gasteiger partial charge in [0.1, 0.15) is 12.1 Å². The third kappa shape index (κ3) is 3.06. The number of benzene rings is 1. The number of aromatic nitrogens is 3. The summed E-state index contributed by atoms with van der Waals surface area (Å²) < 4.78 is 14.0. The first-order chi connectivity index (χ1) is 12.7. The van der Waals surface area contributed by atoms with Gasteiger partial charge in [-0.15, -0.1) is 0 Å². The molecule has 5 nitrogen and oxygen atoms in total. The zero-order valence-electron chi connectivity index (χ0n) is 14.1. The average Bonchev–Trinajstić information content (AvgIpc) is 2.91. The number of carbonyl (C=O) groups excluding carboxylic acids is 1. The number of rotatable bonds is 2. The fourth-order valence-electron chi connectivity index (χ4n) is 3.29. The molecule has 6 heteroatoms. The average molecular weight is 348 g/mol. The van der Waals surface area contributed by atoms with Gasteiger partial charge < -0.3 is 4.90 Å². The van der Waals surface area contributed by atoms with Crippen molar-refractivity contribution >= 4 is 5.91 Å². The summed E-state index contributed by atoms with van der Waals surface area (Å²) in [5, 5.41) is 0. The van der Waals surface area contributed by atoms with Crippen molar-refractivity contribution in [2.24, 2.45) is 0 Å². The van der Waals surface area contributed by atoms with E-state index < -0.39 is 5.82 Å². The van der Waals surface area contributed by atoms with Crippen LogP contribution in [0.3, 0.4) is 0 Å². The van der Waals surface area contributed by atoms with Gasteiger partial charge in [-0.25, -0.2) is 14.4 Å². The van der Waals surface area contributed by atoms with Crippen molar-refractivity contribution in [1.82, 2.24) is 19.9 Å². The summed E-state index contributed by atoms with van der Waals surface area (Å²) in [4.78, 5) is 27.3. The minimum absolute atomic E-state index is 0.110. The van der Waals surface area contributed by atoms with Crippen LogP contribution in [0, 0.1) is 5.82 Å². The summed E-state index contributed by atoms with van der Waals surface area (Å²) in [5.74, 6) is -0.772. The van der Waals surface area contributed by atoms with Crippen LogP contribution in [0.1, 0.15) is 21.6 Å². The number of carbonyl (C=O) groups is 1. The number of hydrogen-bond donors (Lipinski definition) is 0. The summed E-state index contributed by atoms with van der Waals surface area (Å²) in [6, 6.07) is 9.92. The van der Waals surface area contributed by atoms with E-state index in [0.29, 0.717) is 25.9 Å². The van der Waals surface area contributed by atoms with Gasteiger partial charge in [0.25, 0.3) is 5.91 Å². The zero-order valence-corrected chi connectivity index (χ0v) is 14.1. The lowest BCUT2D eigenvalue weighted by Gasteiger charge is -2.20. The van der Waals surface area contributed by atoms with E-state index in [9.17, 15) is 9.18 Å². The SMILES string of the molecule is O=C(c1ccccc1F)N1CCc2ncnc(-c3ccncc3)c2CC1. The van der Waals surface area contributed by atoms with E-state index >= 15 is 0 Å². The van der Waals surface area contributed by atoms with Crippen molar-refractivity contribution < 1.29 is 9.18 Å². The van der Waals surface area contributed by atoms with Gasteiger partial charge >= 0.3 is 0 Å². The van der Waals surface area contributed by atoms with Crippen molar-refractivity contribution in [2.75, 3.05) is 13.1 Å². The quantitative estimate of drug-likeness (QED) is 0.714. The Kier molecular flexibility index (Phi) is 4.39. The molecule has 2 aromatic heterocycles. The lowest BCUT2D eigenvalue weighted by atomic mass is 10.0. The molecular weight excluding hydrogens is 331 g/mol. The molecule has 1 aliphatic rings. The molecule has 1 aromatic carbocycles. The van der Waals surface area contributed by atoms with Crippen molar-refractivity contribution in [3.63, 3.8) is 0 Å². The van der Waals surface area contributed by atoms with Gasteiger partial charge in [0.05, 0.1) is 11.3 Å². The highest BCUT2D eigenvalue weighted by molar-refractivity contribution is 5.94. The summed E-state index contributed by atoms with van der Waals surface area (Å²) in [5.41, 5.74) is 3.95. The third-order valence-electron chi connectivity index (χ3n) is 4.63. The Morgan fingerprint density at radius 1 is 1.00 bits per heavy atom. The molecule has 0 unspecified atom stereocenters. The molecule has 0 saturated heterocycles. The van der Waals surface area contributed by atoms with Crippen LogP contribution in [0.5, 0.6) is 0 Å². The first-order valence-corrected chi connectivity index (χ1v) is 8.51. The zero-order chi connectivity index (χ0) is 17.9. The molecule has 0 bridgehead atoms. The van der Waals surface area contributed by atoms with Crippen LogP contribution in [0.2, 0.25) is 0 Å². The fourth-order valence-corrected chi connectivity index (χ4v) is 3.29. The van der Waals surface area contributed by atoms with Gasteiger partial charge in [-0.05, 0) is 30.7 Å². The predicted octanol–water partition coefficient (Wildman–Crippen LogP) is 2.92. The lowest BCUT2D eigenvalue weighted by molar-refractivity contribution is 0.0758. The van der Waals surface area contributed by atoms with Crippen molar-refractivity contribution in [3.05, 3.63) is 77.8 Å². The molecule has 1 amide bonds. The fraction of sp³-hybridized carbons (Fsp3) is 0.200. The van der Waals surface area contributed by atoms with Crippen molar-refractivity contribution in [2.45, 2.75) is 12.8 Å². The first kappa shape index (κ1) is 16.3. The van der Waals surface area contributed by atoms with Crippen molar-refractivity contribution in [3.8, 4) is 11.3 Å². The van der Waals surface area contributed by atoms with Crippen LogP contribution in [0.15, 0.2) is 55.1 Å². The third-order valence-corrected chi connectivity index (χ3v) is 4.63. The van der Waals surface area contributed by atoms with Crippen LogP contribution in [-0.4, -0.2) is 38.8 Å². The molecule has 0 saturated carbocycles. The first-order valence-electron chi connectivity index (χ1n) is 8.51. The number of pyridine rings is 1. The standard InChI is InChI=1S/C20H17FN4O/c21-17-4-2-1-3-15(17)20(26)25-11-7-16-18(8-12-25)23-13-24-19(16)14-5-9-22-10-6-14/h1-6,9-10,13H,7-8,11-12H2. The minimum atomic E-state index is -0.489. The van der Waals surface area contributed by atoms with Crippen molar-refractivity contribution in [1.29, 1.82) is 0 Å². The van der Waals surface area contributed by atoms with E-state index in [4.69, 9.17) is 0 Å². The Morgan fingerprint density at radius 2 is 1.77 bits per heavy atom. The summed E-state index contributed by atoms with van der Waals surface area (Å²) in [6.45, 7) is 1.01. The Hall–Kier alpha value is -3.15. The number of nitrogens with zero attached hydrogens (tertiary/aromatic N) is 4. The van der Waals surface area contributed by atoms with E-state index in [-0.39, 0.29) is 11.5 Å². The van der Waals surface area contributed by atoms with Crippen LogP contribution < -0.4 is 0 Å². The molecule has 0 aliphatic carbocycles. The highest BCUT2D eigenvalue weighted by Crippen LogP contribution is 2.25. The topological polar surface area (TPSA) is 59.0 Å². The molecule has 0 fully saturated rings. The van der Waals surface area contributed by atoms with E-state index in [1.165, 1.54) is 12.1 Å². The molecule has 3 aromatic rings. The second-order valence-electron chi connectivity index (χ2n) is 6.16. The number of amides is 1. The Bertz CT molecular complexity index is 946.